The van der Waals surface area contributed by atoms with E-state index >= 15 is 0 Å². The lowest BCUT2D eigenvalue weighted by atomic mass is 10.4. The summed E-state index contributed by atoms with van der Waals surface area (Å²) < 4.78 is 6.56. The van der Waals surface area contributed by atoms with Crippen molar-refractivity contribution in [1.82, 2.24) is 24.8 Å². The Labute approximate surface area is 103 Å². The zero-order chi connectivity index (χ0) is 14.6. The second-order valence-corrected chi connectivity index (χ2v) is 3.04. The van der Waals surface area contributed by atoms with E-state index < -0.39 is 5.09 Å². The SMILES string of the molecule is N=c1n(Cc2nonc2N)nc(N)n1N.O=[N+]([O-])O. The van der Waals surface area contributed by atoms with Crippen molar-refractivity contribution in [3.63, 3.8) is 0 Å². The first-order valence-electron chi connectivity index (χ1n) is 4.48. The molecule has 19 heavy (non-hydrogen) atoms. The molecule has 0 aliphatic carbocycles. The van der Waals surface area contributed by atoms with Crippen LogP contribution in [0.1, 0.15) is 5.69 Å². The fourth-order valence-electron chi connectivity index (χ4n) is 1.03. The van der Waals surface area contributed by atoms with Gasteiger partial charge in [-0.05, 0) is 5.16 Å². The van der Waals surface area contributed by atoms with Gasteiger partial charge in [-0.1, -0.05) is 5.16 Å². The highest BCUT2D eigenvalue weighted by Crippen LogP contribution is 2.04. The molecule has 104 valence electrons. The molecule has 0 aliphatic heterocycles. The summed E-state index contributed by atoms with van der Waals surface area (Å²) in [6.45, 7) is 0.128. The molecule has 2 aromatic rings. The van der Waals surface area contributed by atoms with Gasteiger partial charge in [-0.3, -0.25) is 5.41 Å². The molecule has 2 heterocycles. The molecule has 0 saturated carbocycles. The van der Waals surface area contributed by atoms with Crippen LogP contribution in [0.5, 0.6) is 0 Å². The molecule has 14 nitrogen and oxygen atoms in total. The highest BCUT2D eigenvalue weighted by Gasteiger charge is 2.11. The highest BCUT2D eigenvalue weighted by atomic mass is 16.9. The third kappa shape index (κ3) is 3.32. The molecule has 8 N–H and O–H groups in total. The predicted octanol–water partition coefficient (Wildman–Crippen LogP) is -2.87. The zero-order valence-corrected chi connectivity index (χ0v) is 9.29. The Hall–Kier alpha value is -3.32. The van der Waals surface area contributed by atoms with Crippen LogP contribution in [-0.4, -0.2) is 35.1 Å². The van der Waals surface area contributed by atoms with Crippen LogP contribution in [0.2, 0.25) is 0 Å². The van der Waals surface area contributed by atoms with Gasteiger partial charge in [0, 0.05) is 0 Å². The summed E-state index contributed by atoms with van der Waals surface area (Å²) in [5, 5.41) is 31.9. The van der Waals surface area contributed by atoms with E-state index in [1.807, 2.05) is 0 Å². The lowest BCUT2D eigenvalue weighted by Crippen LogP contribution is -2.31. The van der Waals surface area contributed by atoms with Gasteiger partial charge in [0.25, 0.3) is 5.09 Å². The minimum atomic E-state index is -1.50. The maximum absolute atomic E-state index is 8.36. The molecular formula is C5H10N10O4. The van der Waals surface area contributed by atoms with Gasteiger partial charge < -0.3 is 22.5 Å². The first-order valence-corrected chi connectivity index (χ1v) is 4.48. The van der Waals surface area contributed by atoms with Gasteiger partial charge in [0.2, 0.25) is 11.6 Å². The number of hydrogen-bond donors (Lipinski definition) is 5. The highest BCUT2D eigenvalue weighted by molar-refractivity contribution is 5.30. The van der Waals surface area contributed by atoms with Crippen LogP contribution < -0.4 is 22.9 Å². The molecule has 0 fully saturated rings. The number of anilines is 2. The summed E-state index contributed by atoms with van der Waals surface area (Å²) in [4.78, 5) is 8.36. The van der Waals surface area contributed by atoms with Crippen molar-refractivity contribution in [2.75, 3.05) is 17.3 Å². The van der Waals surface area contributed by atoms with Gasteiger partial charge in [0.15, 0.2) is 11.5 Å². The van der Waals surface area contributed by atoms with Gasteiger partial charge in [-0.2, -0.15) is 4.68 Å². The molecular weight excluding hydrogens is 264 g/mol. The molecule has 0 saturated heterocycles. The minimum absolute atomic E-state index is 0.0232. The normalized spacial score (nSPS) is 9.68. The van der Waals surface area contributed by atoms with Gasteiger partial charge in [-0.25, -0.2) is 9.31 Å². The maximum atomic E-state index is 8.36. The summed E-state index contributed by atoms with van der Waals surface area (Å²) in [6.07, 6.45) is 0. The monoisotopic (exact) mass is 274 g/mol. The predicted molar refractivity (Wildman–Crippen MR) is 57.2 cm³/mol. The Morgan fingerprint density at radius 2 is 2.05 bits per heavy atom. The van der Waals surface area contributed by atoms with Crippen molar-refractivity contribution in [2.24, 2.45) is 0 Å². The number of hydrogen-bond acceptors (Lipinski definition) is 10. The van der Waals surface area contributed by atoms with E-state index in [2.05, 4.69) is 20.0 Å². The van der Waals surface area contributed by atoms with E-state index in [-0.39, 0.29) is 23.9 Å². The Bertz CT molecular complexity index is 620. The first-order chi connectivity index (χ1) is 8.82. The van der Waals surface area contributed by atoms with Crippen LogP contribution in [0.15, 0.2) is 4.63 Å². The van der Waals surface area contributed by atoms with Crippen molar-refractivity contribution < 1.29 is 14.9 Å². The summed E-state index contributed by atoms with van der Waals surface area (Å²) >= 11 is 0. The van der Waals surface area contributed by atoms with E-state index in [1.165, 1.54) is 4.68 Å². The van der Waals surface area contributed by atoms with E-state index in [4.69, 9.17) is 38.0 Å². The smallest absolute Gasteiger partial charge is 0.291 e. The van der Waals surface area contributed by atoms with E-state index in [9.17, 15) is 0 Å². The van der Waals surface area contributed by atoms with Crippen LogP contribution in [-0.2, 0) is 6.54 Å². The minimum Gasteiger partial charge on any atom is -0.379 e. The molecule has 0 aliphatic rings. The Kier molecular flexibility index (Phi) is 3.86. The van der Waals surface area contributed by atoms with Crippen LogP contribution in [0.25, 0.3) is 0 Å². The van der Waals surface area contributed by atoms with Crippen LogP contribution in [0.4, 0.5) is 11.8 Å². The number of nitrogens with two attached hydrogens (primary N) is 3. The molecule has 0 spiro atoms. The van der Waals surface area contributed by atoms with Crippen molar-refractivity contribution in [3.05, 3.63) is 21.4 Å². The topological polar surface area (TPSA) is 227 Å². The molecule has 0 atom stereocenters. The van der Waals surface area contributed by atoms with Gasteiger partial charge in [0.05, 0.1) is 6.54 Å². The third-order valence-corrected chi connectivity index (χ3v) is 1.83. The lowest BCUT2D eigenvalue weighted by molar-refractivity contribution is -0.742. The van der Waals surface area contributed by atoms with Gasteiger partial charge in [0.1, 0.15) is 0 Å². The average molecular weight is 274 g/mol. The van der Waals surface area contributed by atoms with Crippen molar-refractivity contribution in [2.45, 2.75) is 6.54 Å². The Morgan fingerprint density at radius 3 is 2.42 bits per heavy atom. The van der Waals surface area contributed by atoms with Crippen molar-refractivity contribution in [1.29, 1.82) is 5.41 Å². The van der Waals surface area contributed by atoms with Crippen LogP contribution >= 0.6 is 0 Å². The van der Waals surface area contributed by atoms with Crippen molar-refractivity contribution in [3.8, 4) is 0 Å². The number of aromatic nitrogens is 5. The second kappa shape index (κ2) is 5.34. The Balaban J connectivity index is 0.000000399. The molecule has 2 rings (SSSR count). The second-order valence-electron chi connectivity index (χ2n) is 3.04. The number of rotatable bonds is 2. The number of nitrogens with one attached hydrogen (secondary N) is 1. The van der Waals surface area contributed by atoms with E-state index in [0.29, 0.717) is 5.69 Å². The lowest BCUT2D eigenvalue weighted by Gasteiger charge is -1.95. The first kappa shape index (κ1) is 13.7. The molecule has 2 aromatic heterocycles. The standard InChI is InChI=1S/C5H9N9O.HNO3/c6-3-2(11-15-12-3)1-13-5(8)14(9)4(7)10-13;2-1(3)4/h8H,1,9H2,(H2,6,12)(H2,7,10);(H,2,3,4). The molecule has 0 bridgehead atoms. The van der Waals surface area contributed by atoms with Crippen molar-refractivity contribution >= 4 is 11.8 Å². The molecule has 0 radical (unpaired) electrons. The fraction of sp³-hybridized carbons (Fsp3) is 0.200. The van der Waals surface area contributed by atoms with Crippen LogP contribution in [0, 0.1) is 15.5 Å². The van der Waals surface area contributed by atoms with E-state index in [1.54, 1.807) is 0 Å². The number of nitrogens with zero attached hydrogens (tertiary/aromatic N) is 6. The van der Waals surface area contributed by atoms with Gasteiger partial charge >= 0.3 is 0 Å². The molecule has 0 aromatic carbocycles. The quantitative estimate of drug-likeness (QED) is 0.213. The summed E-state index contributed by atoms with van der Waals surface area (Å²) in [5.74, 6) is 5.57. The fourth-order valence-corrected chi connectivity index (χ4v) is 1.03. The summed E-state index contributed by atoms with van der Waals surface area (Å²) in [6, 6.07) is 0. The summed E-state index contributed by atoms with van der Waals surface area (Å²) in [7, 11) is 0. The van der Waals surface area contributed by atoms with E-state index in [0.717, 1.165) is 4.68 Å². The van der Waals surface area contributed by atoms with Gasteiger partial charge in [-0.15, -0.1) is 15.2 Å². The molecule has 0 unspecified atom stereocenters. The largest absolute Gasteiger partial charge is 0.379 e. The zero-order valence-electron chi connectivity index (χ0n) is 9.29. The summed E-state index contributed by atoms with van der Waals surface area (Å²) in [5.41, 5.74) is 11.1. The van der Waals surface area contributed by atoms with Crippen LogP contribution in [0.3, 0.4) is 0 Å². The third-order valence-electron chi connectivity index (χ3n) is 1.83. The maximum Gasteiger partial charge on any atom is 0.291 e. The molecule has 0 amide bonds. The number of nitrogen functional groups attached to an aromatic ring is 3. The Morgan fingerprint density at radius 1 is 1.47 bits per heavy atom. The molecule has 14 heteroatoms. The average Bonchev–Trinajstić information content (AvgIpc) is 2.80.